The third kappa shape index (κ3) is 5.87. The van der Waals surface area contributed by atoms with Crippen LogP contribution in [0, 0.1) is 0 Å². The molecule has 3 N–H and O–H groups in total. The van der Waals surface area contributed by atoms with E-state index in [-0.39, 0.29) is 12.5 Å². The van der Waals surface area contributed by atoms with Crippen LogP contribution in [0.15, 0.2) is 30.3 Å². The highest BCUT2D eigenvalue weighted by Crippen LogP contribution is 1.97. The van der Waals surface area contributed by atoms with E-state index >= 15 is 0 Å². The molecule has 92 valence electrons. The topological polar surface area (TPSA) is 53.2 Å². The first-order valence-electron chi connectivity index (χ1n) is 5.48. The molecule has 17 heavy (non-hydrogen) atoms. The highest BCUT2D eigenvalue weighted by molar-refractivity contribution is 7.80. The minimum Gasteiger partial charge on any atom is -0.362 e. The number of benzene rings is 1. The summed E-state index contributed by atoms with van der Waals surface area (Å²) in [6, 6.07) is 10.2. The summed E-state index contributed by atoms with van der Waals surface area (Å²) in [5, 5.41) is 8.90. The summed E-state index contributed by atoms with van der Waals surface area (Å²) in [6.07, 6.45) is 0.905. The lowest BCUT2D eigenvalue weighted by molar-refractivity contribution is -0.119. The van der Waals surface area contributed by atoms with Crippen LogP contribution in [0.4, 0.5) is 0 Å². The van der Waals surface area contributed by atoms with Gasteiger partial charge in [-0.15, -0.1) is 0 Å². The van der Waals surface area contributed by atoms with E-state index in [4.69, 9.17) is 12.2 Å². The van der Waals surface area contributed by atoms with Crippen LogP contribution in [0.3, 0.4) is 0 Å². The second-order valence-corrected chi connectivity index (χ2v) is 3.93. The molecule has 0 bridgehead atoms. The van der Waals surface area contributed by atoms with Crippen LogP contribution in [-0.4, -0.2) is 31.2 Å². The summed E-state index contributed by atoms with van der Waals surface area (Å²) in [6.45, 7) is 0.956. The van der Waals surface area contributed by atoms with Gasteiger partial charge in [0.25, 0.3) is 0 Å². The molecule has 0 heterocycles. The van der Waals surface area contributed by atoms with Crippen molar-refractivity contribution < 1.29 is 4.79 Å². The number of rotatable bonds is 5. The SMILES string of the molecule is CNC(=O)CNC(=S)NCCc1ccccc1. The third-order valence-corrected chi connectivity index (χ3v) is 2.52. The molecule has 5 heteroatoms. The molecule has 1 amide bonds. The first-order chi connectivity index (χ1) is 8.22. The molecule has 0 aromatic heterocycles. The van der Waals surface area contributed by atoms with E-state index in [1.165, 1.54) is 5.56 Å². The Hall–Kier alpha value is -1.62. The Morgan fingerprint density at radius 2 is 1.94 bits per heavy atom. The number of carbonyl (C=O) groups excluding carboxylic acids is 1. The van der Waals surface area contributed by atoms with E-state index in [2.05, 4.69) is 28.1 Å². The minimum absolute atomic E-state index is 0.0859. The van der Waals surface area contributed by atoms with Gasteiger partial charge in [0.2, 0.25) is 5.91 Å². The van der Waals surface area contributed by atoms with Crippen molar-refractivity contribution in [2.45, 2.75) is 6.42 Å². The van der Waals surface area contributed by atoms with E-state index in [0.717, 1.165) is 13.0 Å². The molecule has 0 atom stereocenters. The van der Waals surface area contributed by atoms with Crippen LogP contribution < -0.4 is 16.0 Å². The monoisotopic (exact) mass is 251 g/mol. The first-order valence-corrected chi connectivity index (χ1v) is 5.89. The van der Waals surface area contributed by atoms with Gasteiger partial charge in [0.15, 0.2) is 5.11 Å². The number of likely N-dealkylation sites (N-methyl/N-ethyl adjacent to an activating group) is 1. The number of nitrogens with one attached hydrogen (secondary N) is 3. The molecule has 1 aromatic rings. The Morgan fingerprint density at radius 1 is 1.24 bits per heavy atom. The van der Waals surface area contributed by atoms with Crippen LogP contribution in [0.5, 0.6) is 0 Å². The molecule has 0 aliphatic carbocycles. The summed E-state index contributed by atoms with van der Waals surface area (Å²) in [4.78, 5) is 11.0. The van der Waals surface area contributed by atoms with Crippen LogP contribution >= 0.6 is 12.2 Å². The normalized spacial score (nSPS) is 9.47. The Balaban J connectivity index is 2.14. The Bertz CT molecular complexity index is 367. The first kappa shape index (κ1) is 13.4. The number of carbonyl (C=O) groups is 1. The van der Waals surface area contributed by atoms with Gasteiger partial charge in [-0.25, -0.2) is 0 Å². The van der Waals surface area contributed by atoms with Crippen molar-refractivity contribution in [3.05, 3.63) is 35.9 Å². The molecule has 4 nitrogen and oxygen atoms in total. The fraction of sp³-hybridized carbons (Fsp3) is 0.333. The number of amides is 1. The zero-order chi connectivity index (χ0) is 12.5. The highest BCUT2D eigenvalue weighted by Gasteiger charge is 1.99. The van der Waals surface area contributed by atoms with Crippen LogP contribution in [-0.2, 0) is 11.2 Å². The number of thiocarbonyl (C=S) groups is 1. The second-order valence-electron chi connectivity index (χ2n) is 3.52. The van der Waals surface area contributed by atoms with Gasteiger partial charge in [-0.1, -0.05) is 30.3 Å². The van der Waals surface area contributed by atoms with E-state index in [9.17, 15) is 4.79 Å². The lowest BCUT2D eigenvalue weighted by Gasteiger charge is -2.09. The molecule has 0 saturated heterocycles. The molecular formula is C12H17N3OS. The highest BCUT2D eigenvalue weighted by atomic mass is 32.1. The van der Waals surface area contributed by atoms with Crippen molar-refractivity contribution >= 4 is 23.2 Å². The average molecular weight is 251 g/mol. The molecule has 0 unspecified atom stereocenters. The lowest BCUT2D eigenvalue weighted by atomic mass is 10.1. The summed E-state index contributed by atoms with van der Waals surface area (Å²) in [5.41, 5.74) is 1.26. The van der Waals surface area contributed by atoms with Crippen molar-refractivity contribution in [2.75, 3.05) is 20.1 Å². The van der Waals surface area contributed by atoms with Crippen LogP contribution in [0.25, 0.3) is 0 Å². The van der Waals surface area contributed by atoms with Gasteiger partial charge in [-0.05, 0) is 24.2 Å². The summed E-state index contributed by atoms with van der Waals surface area (Å²) >= 11 is 5.03. The van der Waals surface area contributed by atoms with Gasteiger partial charge in [0.05, 0.1) is 6.54 Å². The van der Waals surface area contributed by atoms with Crippen molar-refractivity contribution in [1.82, 2.24) is 16.0 Å². The maximum absolute atomic E-state index is 11.0. The van der Waals surface area contributed by atoms with Gasteiger partial charge in [-0.2, -0.15) is 0 Å². The number of hydrogen-bond donors (Lipinski definition) is 3. The molecule has 0 fully saturated rings. The Labute approximate surface area is 107 Å². The molecular weight excluding hydrogens is 234 g/mol. The summed E-state index contributed by atoms with van der Waals surface area (Å²) < 4.78 is 0. The smallest absolute Gasteiger partial charge is 0.239 e. The minimum atomic E-state index is -0.0859. The Morgan fingerprint density at radius 3 is 2.59 bits per heavy atom. The van der Waals surface area contributed by atoms with Gasteiger partial charge < -0.3 is 16.0 Å². The van der Waals surface area contributed by atoms with Crippen molar-refractivity contribution in [2.24, 2.45) is 0 Å². The quantitative estimate of drug-likeness (QED) is 0.665. The Kier molecular flexibility index (Phi) is 6.03. The fourth-order valence-corrected chi connectivity index (χ4v) is 1.45. The van der Waals surface area contributed by atoms with Gasteiger partial charge in [-0.3, -0.25) is 4.79 Å². The largest absolute Gasteiger partial charge is 0.362 e. The zero-order valence-electron chi connectivity index (χ0n) is 9.82. The summed E-state index contributed by atoms with van der Waals surface area (Å²) in [5.74, 6) is -0.0859. The van der Waals surface area contributed by atoms with E-state index < -0.39 is 0 Å². The second kappa shape index (κ2) is 7.62. The van der Waals surface area contributed by atoms with E-state index in [0.29, 0.717) is 5.11 Å². The average Bonchev–Trinajstić information content (AvgIpc) is 2.37. The maximum Gasteiger partial charge on any atom is 0.239 e. The van der Waals surface area contributed by atoms with Gasteiger partial charge >= 0.3 is 0 Å². The fourth-order valence-electron chi connectivity index (χ4n) is 1.28. The predicted molar refractivity (Wildman–Crippen MR) is 72.8 cm³/mol. The van der Waals surface area contributed by atoms with Gasteiger partial charge in [0.1, 0.15) is 0 Å². The predicted octanol–water partition coefficient (Wildman–Crippen LogP) is 0.439. The molecule has 1 aromatic carbocycles. The molecule has 0 aliphatic heterocycles. The van der Waals surface area contributed by atoms with Crippen molar-refractivity contribution in [1.29, 1.82) is 0 Å². The van der Waals surface area contributed by atoms with Gasteiger partial charge in [0, 0.05) is 13.6 Å². The molecule has 0 aliphatic rings. The molecule has 0 spiro atoms. The van der Waals surface area contributed by atoms with E-state index in [1.54, 1.807) is 7.05 Å². The third-order valence-electron chi connectivity index (χ3n) is 2.23. The lowest BCUT2D eigenvalue weighted by Crippen LogP contribution is -2.41. The summed E-state index contributed by atoms with van der Waals surface area (Å²) in [7, 11) is 1.59. The van der Waals surface area contributed by atoms with Crippen LogP contribution in [0.2, 0.25) is 0 Å². The molecule has 1 rings (SSSR count). The maximum atomic E-state index is 11.0. The number of hydrogen-bond acceptors (Lipinski definition) is 2. The van der Waals surface area contributed by atoms with E-state index in [1.807, 2.05) is 18.2 Å². The molecule has 0 radical (unpaired) electrons. The van der Waals surface area contributed by atoms with Crippen molar-refractivity contribution in [3.63, 3.8) is 0 Å². The van der Waals surface area contributed by atoms with Crippen molar-refractivity contribution in [3.8, 4) is 0 Å². The molecule has 0 saturated carbocycles. The van der Waals surface area contributed by atoms with Crippen LogP contribution in [0.1, 0.15) is 5.56 Å². The zero-order valence-corrected chi connectivity index (χ0v) is 10.6. The standard InChI is InChI=1S/C12H17N3OS/c1-13-11(16)9-15-12(17)14-8-7-10-5-3-2-4-6-10/h2-6H,7-9H2,1H3,(H,13,16)(H2,14,15,17).